The van der Waals surface area contributed by atoms with Crippen LogP contribution in [-0.4, -0.2) is 6.34 Å². The zero-order valence-corrected chi connectivity index (χ0v) is 4.15. The summed E-state index contributed by atoms with van der Waals surface area (Å²) in [5, 5.41) is 6.92. The Labute approximate surface area is 47.2 Å². The fourth-order valence-corrected chi connectivity index (χ4v) is 0.299. The molecular formula is C5H4N3. The normalized spacial score (nSPS) is 16.0. The Morgan fingerprint density at radius 2 is 2.00 bits per heavy atom. The maximum Gasteiger partial charge on any atom is 0.221 e. The number of rotatable bonds is 0. The molecule has 1 rings (SSSR count). The fraction of sp³-hybridized carbons (Fsp3) is 0. The molecule has 0 atom stereocenters. The second kappa shape index (κ2) is 2.85. The highest BCUT2D eigenvalue weighted by Crippen LogP contribution is 1.84. The van der Waals surface area contributed by atoms with Crippen LogP contribution in [0.4, 0.5) is 0 Å². The van der Waals surface area contributed by atoms with Gasteiger partial charge in [-0.1, -0.05) is 0 Å². The summed E-state index contributed by atoms with van der Waals surface area (Å²) in [6.45, 7) is 0. The fourth-order valence-electron chi connectivity index (χ4n) is 0.299. The predicted molar refractivity (Wildman–Crippen MR) is 30.6 cm³/mol. The van der Waals surface area contributed by atoms with Crippen molar-refractivity contribution in [3.05, 3.63) is 24.6 Å². The molecule has 1 radical (unpaired) electrons. The maximum absolute atomic E-state index is 3.59. The molecule has 0 spiro atoms. The van der Waals surface area contributed by atoms with Crippen molar-refractivity contribution in [1.29, 1.82) is 0 Å². The Hall–Kier alpha value is -1.25. The molecule has 39 valence electrons. The van der Waals surface area contributed by atoms with Crippen molar-refractivity contribution in [2.24, 2.45) is 15.2 Å². The van der Waals surface area contributed by atoms with E-state index in [0.29, 0.717) is 0 Å². The monoisotopic (exact) mass is 106 g/mol. The minimum absolute atomic E-state index is 1.57. The lowest BCUT2D eigenvalue weighted by Gasteiger charge is -1.75. The highest BCUT2D eigenvalue weighted by Gasteiger charge is 1.68. The molecule has 0 saturated heterocycles. The van der Waals surface area contributed by atoms with E-state index < -0.39 is 0 Å². The van der Waals surface area contributed by atoms with Crippen LogP contribution in [-0.2, 0) is 0 Å². The van der Waals surface area contributed by atoms with Gasteiger partial charge in [0.25, 0.3) is 0 Å². The van der Waals surface area contributed by atoms with E-state index in [4.69, 9.17) is 0 Å². The molecule has 0 unspecified atom stereocenters. The molecule has 0 aromatic rings. The van der Waals surface area contributed by atoms with Gasteiger partial charge in [0.1, 0.15) is 0 Å². The quantitative estimate of drug-likeness (QED) is 0.447. The third-order valence-electron chi connectivity index (χ3n) is 0.585. The zero-order chi connectivity index (χ0) is 5.66. The van der Waals surface area contributed by atoms with Crippen LogP contribution in [0.5, 0.6) is 0 Å². The number of azo groups is 1. The Bertz CT molecular complexity index is 109. The standard InChI is InChI=1S/C5H4N3/c1-2-4-7-8-5-6-3-1/h1-4H. The Balaban J connectivity index is 2.67. The minimum atomic E-state index is 1.57. The summed E-state index contributed by atoms with van der Waals surface area (Å²) in [6.07, 6.45) is 8.99. The summed E-state index contributed by atoms with van der Waals surface area (Å²) in [6, 6.07) is 0. The van der Waals surface area contributed by atoms with Gasteiger partial charge in [-0.2, -0.15) is 5.11 Å². The van der Waals surface area contributed by atoms with Gasteiger partial charge in [0.05, 0.1) is 0 Å². The first-order valence-corrected chi connectivity index (χ1v) is 2.16. The van der Waals surface area contributed by atoms with Gasteiger partial charge < -0.3 is 0 Å². The van der Waals surface area contributed by atoms with Crippen LogP contribution in [0, 0.1) is 0 Å². The largest absolute Gasteiger partial charge is 0.232 e. The lowest BCUT2D eigenvalue weighted by atomic mass is 10.6. The van der Waals surface area contributed by atoms with Gasteiger partial charge in [0.15, 0.2) is 0 Å². The molecule has 0 fully saturated rings. The first kappa shape index (κ1) is 4.90. The Morgan fingerprint density at radius 3 is 3.00 bits per heavy atom. The van der Waals surface area contributed by atoms with Crippen LogP contribution in [0.25, 0.3) is 0 Å². The summed E-state index contributed by atoms with van der Waals surface area (Å²) in [4.78, 5) is 3.59. The molecule has 0 aliphatic carbocycles. The van der Waals surface area contributed by atoms with Crippen LogP contribution in [0.3, 0.4) is 0 Å². The second-order valence-electron chi connectivity index (χ2n) is 1.13. The molecule has 0 amide bonds. The molecule has 0 bridgehead atoms. The number of hydrogen-bond acceptors (Lipinski definition) is 3. The van der Waals surface area contributed by atoms with Crippen LogP contribution in [0.1, 0.15) is 0 Å². The lowest BCUT2D eigenvalue weighted by Crippen LogP contribution is -1.62. The Kier molecular flexibility index (Phi) is 1.74. The van der Waals surface area contributed by atoms with Gasteiger partial charge in [0.2, 0.25) is 6.34 Å². The smallest absolute Gasteiger partial charge is 0.221 e. The van der Waals surface area contributed by atoms with Crippen molar-refractivity contribution in [2.45, 2.75) is 0 Å². The number of aliphatic imine (C=N–C) groups is 1. The minimum Gasteiger partial charge on any atom is -0.232 e. The summed E-state index contributed by atoms with van der Waals surface area (Å²) in [7, 11) is 0. The SMILES string of the molecule is [C]1=NC=CC=CN=N1. The van der Waals surface area contributed by atoms with Crippen LogP contribution in [0.15, 0.2) is 39.8 Å². The van der Waals surface area contributed by atoms with Gasteiger partial charge in [-0.15, -0.1) is 5.11 Å². The van der Waals surface area contributed by atoms with Gasteiger partial charge in [-0.05, 0) is 12.2 Å². The summed E-state index contributed by atoms with van der Waals surface area (Å²) >= 11 is 0. The van der Waals surface area contributed by atoms with E-state index in [1.807, 2.05) is 0 Å². The molecule has 0 aromatic carbocycles. The van der Waals surface area contributed by atoms with Crippen LogP contribution in [0.2, 0.25) is 0 Å². The third kappa shape index (κ3) is 1.47. The van der Waals surface area contributed by atoms with Crippen molar-refractivity contribution >= 4 is 6.34 Å². The van der Waals surface area contributed by atoms with E-state index >= 15 is 0 Å². The average molecular weight is 106 g/mol. The van der Waals surface area contributed by atoms with Crippen molar-refractivity contribution in [1.82, 2.24) is 0 Å². The van der Waals surface area contributed by atoms with Gasteiger partial charge in [-0.3, -0.25) is 0 Å². The molecule has 0 saturated carbocycles. The molecule has 1 heterocycles. The molecule has 0 N–H and O–H groups in total. The first-order chi connectivity index (χ1) is 4.00. The van der Waals surface area contributed by atoms with E-state index in [1.54, 1.807) is 24.6 Å². The van der Waals surface area contributed by atoms with Crippen LogP contribution >= 0.6 is 0 Å². The van der Waals surface area contributed by atoms with E-state index in [1.165, 1.54) is 0 Å². The van der Waals surface area contributed by atoms with Crippen molar-refractivity contribution in [3.63, 3.8) is 0 Å². The number of nitrogens with zero attached hydrogens (tertiary/aromatic N) is 3. The van der Waals surface area contributed by atoms with Crippen molar-refractivity contribution < 1.29 is 0 Å². The van der Waals surface area contributed by atoms with E-state index in [9.17, 15) is 0 Å². The molecule has 3 nitrogen and oxygen atoms in total. The van der Waals surface area contributed by atoms with Gasteiger partial charge in [0, 0.05) is 12.4 Å². The molecule has 3 heteroatoms. The predicted octanol–water partition coefficient (Wildman–Crippen LogP) is 1.38. The van der Waals surface area contributed by atoms with Gasteiger partial charge >= 0.3 is 0 Å². The molecular weight excluding hydrogens is 102 g/mol. The van der Waals surface area contributed by atoms with E-state index in [-0.39, 0.29) is 0 Å². The van der Waals surface area contributed by atoms with Gasteiger partial charge in [-0.25, -0.2) is 4.99 Å². The second-order valence-corrected chi connectivity index (χ2v) is 1.13. The van der Waals surface area contributed by atoms with Crippen LogP contribution < -0.4 is 0 Å². The summed E-state index contributed by atoms with van der Waals surface area (Å²) in [5.74, 6) is 0. The van der Waals surface area contributed by atoms with Crippen molar-refractivity contribution in [2.75, 3.05) is 0 Å². The number of hydrogen-bond donors (Lipinski definition) is 0. The third-order valence-corrected chi connectivity index (χ3v) is 0.585. The Morgan fingerprint density at radius 1 is 1.12 bits per heavy atom. The summed E-state index contributed by atoms with van der Waals surface area (Å²) < 4.78 is 0. The highest BCUT2D eigenvalue weighted by atomic mass is 15.1. The maximum atomic E-state index is 3.59. The van der Waals surface area contributed by atoms with E-state index in [2.05, 4.69) is 21.6 Å². The molecule has 0 aromatic heterocycles. The molecule has 8 heavy (non-hydrogen) atoms. The molecule has 1 aliphatic rings. The first-order valence-electron chi connectivity index (χ1n) is 2.16. The highest BCUT2D eigenvalue weighted by molar-refractivity contribution is 5.55. The topological polar surface area (TPSA) is 37.1 Å². The number of allylic oxidation sites excluding steroid dienone is 2. The summed E-state index contributed by atoms with van der Waals surface area (Å²) in [5.41, 5.74) is 0. The molecule has 1 aliphatic heterocycles. The lowest BCUT2D eigenvalue weighted by molar-refractivity contribution is 1.28. The van der Waals surface area contributed by atoms with E-state index in [0.717, 1.165) is 0 Å². The zero-order valence-electron chi connectivity index (χ0n) is 4.15. The van der Waals surface area contributed by atoms with Crippen molar-refractivity contribution in [3.8, 4) is 0 Å². The average Bonchev–Trinajstić information content (AvgIpc) is 1.62.